The van der Waals surface area contributed by atoms with Gasteiger partial charge < -0.3 is 25.2 Å². The number of unbranched alkanes of at least 4 members (excludes halogenated alkanes) is 14. The van der Waals surface area contributed by atoms with Gasteiger partial charge in [0.2, 0.25) is 0 Å². The lowest BCUT2D eigenvalue weighted by Gasteiger charge is -2.20. The van der Waals surface area contributed by atoms with E-state index in [1.807, 2.05) is 0 Å². The molecule has 0 fully saturated rings. The third kappa shape index (κ3) is 34.5. The molecule has 0 bridgehead atoms. The number of nitrogens with two attached hydrogens (primary N) is 1. The summed E-state index contributed by atoms with van der Waals surface area (Å²) in [5.41, 5.74) is 5.32. The van der Waals surface area contributed by atoms with Crippen LogP contribution in [0.3, 0.4) is 0 Å². The van der Waals surface area contributed by atoms with Crippen LogP contribution in [0, 0.1) is 0 Å². The maximum Gasteiger partial charge on any atom is 0.472 e. The molecule has 0 aliphatic rings. The van der Waals surface area contributed by atoms with E-state index in [1.54, 1.807) is 0 Å². The third-order valence-electron chi connectivity index (χ3n) is 8.06. The monoisotopic (exact) mass is 755 g/mol. The van der Waals surface area contributed by atoms with E-state index in [9.17, 15) is 23.8 Å². The van der Waals surface area contributed by atoms with E-state index in [2.05, 4.69) is 67.0 Å². The van der Waals surface area contributed by atoms with Crippen LogP contribution in [0.4, 0.5) is 0 Å². The van der Waals surface area contributed by atoms with Gasteiger partial charge in [0.1, 0.15) is 12.6 Å². The second-order valence-electron chi connectivity index (χ2n) is 13.0. The zero-order valence-electron chi connectivity index (χ0n) is 32.1. The number of carboxylic acids is 1. The molecule has 0 spiro atoms. The van der Waals surface area contributed by atoms with E-state index in [1.165, 1.54) is 25.7 Å². The van der Waals surface area contributed by atoms with Gasteiger partial charge in [0.15, 0.2) is 6.10 Å². The summed E-state index contributed by atoms with van der Waals surface area (Å²) in [7, 11) is -4.72. The number of phosphoric acid groups is 1. The number of hydrogen-bond donors (Lipinski definition) is 3. The van der Waals surface area contributed by atoms with E-state index >= 15 is 0 Å². The highest BCUT2D eigenvalue weighted by atomic mass is 31.2. The molecule has 0 aliphatic carbocycles. The lowest BCUT2D eigenvalue weighted by molar-refractivity contribution is -0.161. The second-order valence-corrected chi connectivity index (χ2v) is 14.5. The summed E-state index contributed by atoms with van der Waals surface area (Å²) >= 11 is 0. The molecule has 0 heterocycles. The average molecular weight is 756 g/mol. The summed E-state index contributed by atoms with van der Waals surface area (Å²) in [5, 5.41) is 8.86. The fourth-order valence-corrected chi connectivity index (χ4v) is 5.73. The molecule has 4 N–H and O–H groups in total. The van der Waals surface area contributed by atoms with Gasteiger partial charge in [0.25, 0.3) is 0 Å². The molecule has 1 unspecified atom stereocenters. The van der Waals surface area contributed by atoms with Crippen molar-refractivity contribution in [3.63, 3.8) is 0 Å². The molecule has 12 heteroatoms. The van der Waals surface area contributed by atoms with Crippen molar-refractivity contribution in [1.29, 1.82) is 0 Å². The van der Waals surface area contributed by atoms with Crippen LogP contribution < -0.4 is 5.73 Å². The fraction of sp³-hybridized carbons (Fsp3) is 0.725. The SMILES string of the molecule is CCC=CCC=CCC=CCCCCCCCC(=O)O[C@H](COC(=O)CCCCCCCC=CCCCCCC)COP(=O)(O)OC[C@H](N)C(=O)O. The molecule has 0 aliphatic heterocycles. The summed E-state index contributed by atoms with van der Waals surface area (Å²) < 4.78 is 32.6. The number of carbonyl (C=O) groups excluding carboxylic acids is 2. The topological polar surface area (TPSA) is 172 Å². The maximum atomic E-state index is 12.6. The standard InChI is InChI=1S/C40H70NO10P/c1-3-5-7-9-11-13-15-17-18-20-22-24-26-28-30-32-39(43)51-36(34-49-52(46,47)50-35-37(41)40(44)45)33-48-38(42)31-29-27-25-23-21-19-16-14-12-10-8-6-4-2/h5,7,11,13-14,16-18,36-37H,3-4,6,8-10,12,15,19-35,41H2,1-2H3,(H,44,45)(H,46,47)/t36-,37+/m1/s1. The zero-order valence-corrected chi connectivity index (χ0v) is 33.0. The number of esters is 2. The summed E-state index contributed by atoms with van der Waals surface area (Å²) in [4.78, 5) is 45.8. The Bertz CT molecular complexity index is 1070. The minimum Gasteiger partial charge on any atom is -0.480 e. The van der Waals surface area contributed by atoms with Gasteiger partial charge in [-0.15, -0.1) is 0 Å². The molecule has 52 heavy (non-hydrogen) atoms. The number of carbonyl (C=O) groups is 3. The molecule has 0 aromatic carbocycles. The van der Waals surface area contributed by atoms with Crippen molar-refractivity contribution >= 4 is 25.7 Å². The van der Waals surface area contributed by atoms with E-state index in [4.69, 9.17) is 24.8 Å². The van der Waals surface area contributed by atoms with E-state index in [-0.39, 0.29) is 19.4 Å². The maximum absolute atomic E-state index is 12.6. The normalized spacial score (nSPS) is 14.4. The van der Waals surface area contributed by atoms with Crippen molar-refractivity contribution in [1.82, 2.24) is 0 Å². The first-order chi connectivity index (χ1) is 25.1. The highest BCUT2D eigenvalue weighted by molar-refractivity contribution is 7.47. The Morgan fingerprint density at radius 1 is 0.615 bits per heavy atom. The second kappa shape index (κ2) is 35.5. The highest BCUT2D eigenvalue weighted by Gasteiger charge is 2.28. The Labute approximate surface area is 314 Å². The minimum atomic E-state index is -4.72. The van der Waals surface area contributed by atoms with Gasteiger partial charge >= 0.3 is 25.7 Å². The number of ether oxygens (including phenoxy) is 2. The quantitative estimate of drug-likeness (QED) is 0.0241. The molecule has 0 amide bonds. The molecule has 0 rings (SSSR count). The van der Waals surface area contributed by atoms with Gasteiger partial charge in [-0.05, 0) is 70.6 Å². The molecular formula is C40H70NO10P. The molecule has 3 atom stereocenters. The van der Waals surface area contributed by atoms with Crippen molar-refractivity contribution in [2.75, 3.05) is 19.8 Å². The smallest absolute Gasteiger partial charge is 0.472 e. The summed E-state index contributed by atoms with van der Waals surface area (Å²) in [6.07, 6.45) is 37.5. The van der Waals surface area contributed by atoms with Gasteiger partial charge in [-0.25, -0.2) is 4.57 Å². The molecule has 0 saturated heterocycles. The van der Waals surface area contributed by atoms with Crippen LogP contribution in [0.2, 0.25) is 0 Å². The predicted molar refractivity (Wildman–Crippen MR) is 208 cm³/mol. The molecule has 0 aromatic heterocycles. The van der Waals surface area contributed by atoms with E-state index in [0.717, 1.165) is 89.9 Å². The largest absolute Gasteiger partial charge is 0.480 e. The third-order valence-corrected chi connectivity index (χ3v) is 9.01. The summed E-state index contributed by atoms with van der Waals surface area (Å²) in [6, 6.07) is -1.53. The number of hydrogen-bond acceptors (Lipinski definition) is 9. The van der Waals surface area contributed by atoms with Crippen LogP contribution in [0.5, 0.6) is 0 Å². The molecule has 0 radical (unpaired) electrons. The van der Waals surface area contributed by atoms with Gasteiger partial charge in [-0.1, -0.05) is 120 Å². The lowest BCUT2D eigenvalue weighted by atomic mass is 10.1. The van der Waals surface area contributed by atoms with Crippen LogP contribution in [-0.4, -0.2) is 59.9 Å². The van der Waals surface area contributed by atoms with Crippen LogP contribution in [0.15, 0.2) is 48.6 Å². The molecule has 0 saturated carbocycles. The summed E-state index contributed by atoms with van der Waals surface area (Å²) in [6.45, 7) is 2.62. The minimum absolute atomic E-state index is 0.139. The van der Waals surface area contributed by atoms with Gasteiger partial charge in [-0.3, -0.25) is 23.4 Å². The number of phosphoric ester groups is 1. The van der Waals surface area contributed by atoms with Crippen molar-refractivity contribution in [2.24, 2.45) is 5.73 Å². The molecule has 300 valence electrons. The van der Waals surface area contributed by atoms with Gasteiger partial charge in [0.05, 0.1) is 13.2 Å². The number of rotatable bonds is 36. The van der Waals surface area contributed by atoms with E-state index < -0.39 is 51.1 Å². The predicted octanol–water partition coefficient (Wildman–Crippen LogP) is 9.83. The first kappa shape index (κ1) is 49.4. The Balaban J connectivity index is 4.48. The zero-order chi connectivity index (χ0) is 38.5. The Morgan fingerprint density at radius 2 is 1.08 bits per heavy atom. The Hall–Kier alpha value is -2.56. The molecule has 11 nitrogen and oxygen atoms in total. The van der Waals surface area contributed by atoms with Crippen LogP contribution in [0.1, 0.15) is 155 Å². The van der Waals surface area contributed by atoms with Gasteiger partial charge in [-0.2, -0.15) is 0 Å². The molecule has 0 aromatic rings. The van der Waals surface area contributed by atoms with Crippen molar-refractivity contribution in [3.8, 4) is 0 Å². The van der Waals surface area contributed by atoms with Crippen molar-refractivity contribution < 1.29 is 47.5 Å². The van der Waals surface area contributed by atoms with E-state index in [0.29, 0.717) is 12.8 Å². The van der Waals surface area contributed by atoms with Crippen molar-refractivity contribution in [3.05, 3.63) is 48.6 Å². The van der Waals surface area contributed by atoms with Crippen LogP contribution >= 0.6 is 7.82 Å². The average Bonchev–Trinajstić information content (AvgIpc) is 3.12. The highest BCUT2D eigenvalue weighted by Crippen LogP contribution is 2.43. The molecular weight excluding hydrogens is 685 g/mol. The van der Waals surface area contributed by atoms with Crippen LogP contribution in [0.25, 0.3) is 0 Å². The number of carboxylic acid groups (broad SMARTS) is 1. The number of allylic oxidation sites excluding steroid dienone is 8. The van der Waals surface area contributed by atoms with Gasteiger partial charge in [0, 0.05) is 12.8 Å². The first-order valence-corrected chi connectivity index (χ1v) is 21.2. The lowest BCUT2D eigenvalue weighted by Crippen LogP contribution is -2.34. The summed E-state index contributed by atoms with van der Waals surface area (Å²) in [5.74, 6) is -2.42. The van der Waals surface area contributed by atoms with Crippen molar-refractivity contribution in [2.45, 2.75) is 167 Å². The Kier molecular flexibility index (Phi) is 33.7. The Morgan fingerprint density at radius 3 is 1.63 bits per heavy atom. The van der Waals surface area contributed by atoms with Crippen LogP contribution in [-0.2, 0) is 37.5 Å². The first-order valence-electron chi connectivity index (χ1n) is 19.7. The fourth-order valence-electron chi connectivity index (χ4n) is 4.95. The number of aliphatic carboxylic acids is 1.